The first-order valence-electron chi connectivity index (χ1n) is 12.2. The van der Waals surface area contributed by atoms with Gasteiger partial charge < -0.3 is 10.2 Å². The van der Waals surface area contributed by atoms with Crippen LogP contribution in [0.5, 0.6) is 0 Å². The van der Waals surface area contributed by atoms with Crippen LogP contribution in [0.4, 0.5) is 4.39 Å². The second-order valence-electron chi connectivity index (χ2n) is 9.27. The predicted molar refractivity (Wildman–Crippen MR) is 138 cm³/mol. The van der Waals surface area contributed by atoms with E-state index in [4.69, 9.17) is 0 Å². The normalized spacial score (nSPS) is 12.6. The number of carbonyl (C=O) groups excluding carboxylic acids is 2. The standard InChI is InChI=1S/C30H35FN2O2/c1-5-23(4)32-30(35)28(18-24-9-7-6-8-10-24)33(20-25-13-15-27(31)16-14-25)29(34)19-26-12-11-21(2)22(3)17-26/h6-17,23,28H,5,18-20H2,1-4H3,(H,32,35)/t23-,28-/m1/s1. The van der Waals surface area contributed by atoms with Crippen LogP contribution in [0.3, 0.4) is 0 Å². The Morgan fingerprint density at radius 1 is 0.886 bits per heavy atom. The maximum Gasteiger partial charge on any atom is 0.243 e. The molecule has 0 spiro atoms. The van der Waals surface area contributed by atoms with Crippen molar-refractivity contribution in [1.29, 1.82) is 0 Å². The van der Waals surface area contributed by atoms with E-state index in [2.05, 4.69) is 5.32 Å². The predicted octanol–water partition coefficient (Wildman–Crippen LogP) is 5.54. The Kier molecular flexibility index (Phi) is 9.18. The topological polar surface area (TPSA) is 49.4 Å². The molecular formula is C30H35FN2O2. The van der Waals surface area contributed by atoms with Crippen molar-refractivity contribution in [1.82, 2.24) is 10.2 Å². The van der Waals surface area contributed by atoms with Crippen molar-refractivity contribution in [3.63, 3.8) is 0 Å². The van der Waals surface area contributed by atoms with Gasteiger partial charge in [-0.15, -0.1) is 0 Å². The molecule has 4 nitrogen and oxygen atoms in total. The average Bonchev–Trinajstić information content (AvgIpc) is 2.85. The minimum atomic E-state index is -0.699. The number of aryl methyl sites for hydroxylation is 2. The summed E-state index contributed by atoms with van der Waals surface area (Å²) in [6.07, 6.45) is 1.37. The zero-order valence-electron chi connectivity index (χ0n) is 21.1. The molecule has 3 rings (SSSR count). The van der Waals surface area contributed by atoms with Crippen LogP contribution < -0.4 is 5.32 Å². The minimum Gasteiger partial charge on any atom is -0.352 e. The molecule has 35 heavy (non-hydrogen) atoms. The summed E-state index contributed by atoms with van der Waals surface area (Å²) in [5, 5.41) is 3.07. The molecule has 0 aliphatic heterocycles. The largest absolute Gasteiger partial charge is 0.352 e. The Balaban J connectivity index is 1.97. The van der Waals surface area contributed by atoms with E-state index in [1.165, 1.54) is 17.7 Å². The summed E-state index contributed by atoms with van der Waals surface area (Å²) in [6, 6.07) is 21.1. The monoisotopic (exact) mass is 474 g/mol. The molecule has 3 aromatic rings. The van der Waals surface area contributed by atoms with Gasteiger partial charge in [0.05, 0.1) is 6.42 Å². The van der Waals surface area contributed by atoms with Crippen molar-refractivity contribution in [2.45, 2.75) is 65.6 Å². The number of hydrogen-bond donors (Lipinski definition) is 1. The van der Waals surface area contributed by atoms with Crippen molar-refractivity contribution in [2.75, 3.05) is 0 Å². The van der Waals surface area contributed by atoms with E-state index in [9.17, 15) is 14.0 Å². The molecule has 0 fully saturated rings. The fourth-order valence-corrected chi connectivity index (χ4v) is 3.97. The Morgan fingerprint density at radius 3 is 2.17 bits per heavy atom. The van der Waals surface area contributed by atoms with Gasteiger partial charge in [0.1, 0.15) is 11.9 Å². The van der Waals surface area contributed by atoms with Gasteiger partial charge in [0.2, 0.25) is 11.8 Å². The van der Waals surface area contributed by atoms with E-state index in [0.717, 1.165) is 28.7 Å². The molecule has 5 heteroatoms. The highest BCUT2D eigenvalue weighted by molar-refractivity contribution is 5.89. The van der Waals surface area contributed by atoms with Crippen molar-refractivity contribution < 1.29 is 14.0 Å². The lowest BCUT2D eigenvalue weighted by Crippen LogP contribution is -2.52. The van der Waals surface area contributed by atoms with Crippen LogP contribution in [0.2, 0.25) is 0 Å². The number of nitrogens with zero attached hydrogens (tertiary/aromatic N) is 1. The molecule has 0 saturated heterocycles. The molecule has 0 aromatic heterocycles. The van der Waals surface area contributed by atoms with Gasteiger partial charge in [0.25, 0.3) is 0 Å². The highest BCUT2D eigenvalue weighted by atomic mass is 19.1. The molecule has 0 unspecified atom stereocenters. The van der Waals surface area contributed by atoms with E-state index in [-0.39, 0.29) is 36.6 Å². The van der Waals surface area contributed by atoms with Gasteiger partial charge in [-0.05, 0) is 67.1 Å². The Morgan fingerprint density at radius 2 is 1.54 bits per heavy atom. The summed E-state index contributed by atoms with van der Waals surface area (Å²) < 4.78 is 13.6. The molecule has 0 heterocycles. The van der Waals surface area contributed by atoms with Crippen LogP contribution in [0.25, 0.3) is 0 Å². The Hall–Kier alpha value is -3.47. The summed E-state index contributed by atoms with van der Waals surface area (Å²) in [5.74, 6) is -0.659. The summed E-state index contributed by atoms with van der Waals surface area (Å²) in [4.78, 5) is 28.9. The molecule has 0 saturated carbocycles. The zero-order valence-corrected chi connectivity index (χ0v) is 21.1. The summed E-state index contributed by atoms with van der Waals surface area (Å²) >= 11 is 0. The molecule has 0 bridgehead atoms. The van der Waals surface area contributed by atoms with Gasteiger partial charge in [0.15, 0.2) is 0 Å². The van der Waals surface area contributed by atoms with Crippen LogP contribution >= 0.6 is 0 Å². The van der Waals surface area contributed by atoms with Crippen molar-refractivity contribution >= 4 is 11.8 Å². The van der Waals surface area contributed by atoms with Gasteiger partial charge in [-0.1, -0.05) is 67.6 Å². The third-order valence-electron chi connectivity index (χ3n) is 6.46. The maximum absolute atomic E-state index is 13.7. The average molecular weight is 475 g/mol. The van der Waals surface area contributed by atoms with Crippen molar-refractivity contribution in [2.24, 2.45) is 0 Å². The van der Waals surface area contributed by atoms with Crippen molar-refractivity contribution in [3.05, 3.63) is 106 Å². The van der Waals surface area contributed by atoms with Gasteiger partial charge >= 0.3 is 0 Å². The summed E-state index contributed by atoms with van der Waals surface area (Å²) in [5.41, 5.74) is 4.94. The summed E-state index contributed by atoms with van der Waals surface area (Å²) in [6.45, 7) is 8.25. The van der Waals surface area contributed by atoms with Gasteiger partial charge in [-0.2, -0.15) is 0 Å². The molecular weight excluding hydrogens is 439 g/mol. The van der Waals surface area contributed by atoms with Crippen LogP contribution in [-0.4, -0.2) is 28.8 Å². The number of halogens is 1. The van der Waals surface area contributed by atoms with E-state index in [1.54, 1.807) is 17.0 Å². The highest BCUT2D eigenvalue weighted by Crippen LogP contribution is 2.18. The quantitative estimate of drug-likeness (QED) is 0.419. The number of nitrogens with one attached hydrogen (secondary N) is 1. The first-order valence-corrected chi connectivity index (χ1v) is 12.2. The summed E-state index contributed by atoms with van der Waals surface area (Å²) in [7, 11) is 0. The van der Waals surface area contributed by atoms with Gasteiger partial charge in [0, 0.05) is 19.0 Å². The van der Waals surface area contributed by atoms with Gasteiger partial charge in [-0.3, -0.25) is 9.59 Å². The number of hydrogen-bond acceptors (Lipinski definition) is 2. The number of amides is 2. The third-order valence-corrected chi connectivity index (χ3v) is 6.46. The Bertz CT molecular complexity index is 1130. The van der Waals surface area contributed by atoms with Gasteiger partial charge in [-0.25, -0.2) is 4.39 Å². The molecule has 184 valence electrons. The molecule has 0 radical (unpaired) electrons. The fraction of sp³-hybridized carbons (Fsp3) is 0.333. The van der Waals surface area contributed by atoms with E-state index >= 15 is 0 Å². The zero-order chi connectivity index (χ0) is 25.4. The lowest BCUT2D eigenvalue weighted by atomic mass is 10.00. The first-order chi connectivity index (χ1) is 16.8. The van der Waals surface area contributed by atoms with Crippen LogP contribution in [0.15, 0.2) is 72.8 Å². The SMILES string of the molecule is CC[C@@H](C)NC(=O)[C@@H](Cc1ccccc1)N(Cc1ccc(F)cc1)C(=O)Cc1ccc(C)c(C)c1. The van der Waals surface area contributed by atoms with E-state index in [0.29, 0.717) is 6.42 Å². The molecule has 0 aliphatic carbocycles. The second-order valence-corrected chi connectivity index (χ2v) is 9.27. The molecule has 1 N–H and O–H groups in total. The Labute approximate surface area is 208 Å². The molecule has 0 aliphatic rings. The van der Waals surface area contributed by atoms with Crippen LogP contribution in [0, 0.1) is 19.7 Å². The van der Waals surface area contributed by atoms with Crippen LogP contribution in [0.1, 0.15) is 48.1 Å². The highest BCUT2D eigenvalue weighted by Gasteiger charge is 2.31. The number of carbonyl (C=O) groups is 2. The van der Waals surface area contributed by atoms with E-state index in [1.807, 2.05) is 76.2 Å². The molecule has 2 amide bonds. The lowest BCUT2D eigenvalue weighted by molar-refractivity contribution is -0.141. The fourth-order valence-electron chi connectivity index (χ4n) is 3.97. The minimum absolute atomic E-state index is 0.0108. The van der Waals surface area contributed by atoms with Crippen LogP contribution in [-0.2, 0) is 29.0 Å². The number of rotatable bonds is 10. The van der Waals surface area contributed by atoms with Crippen molar-refractivity contribution in [3.8, 4) is 0 Å². The lowest BCUT2D eigenvalue weighted by Gasteiger charge is -2.32. The third kappa shape index (κ3) is 7.51. The maximum atomic E-state index is 13.7. The van der Waals surface area contributed by atoms with E-state index < -0.39 is 6.04 Å². The molecule has 3 aromatic carbocycles. The smallest absolute Gasteiger partial charge is 0.243 e. The number of benzene rings is 3. The molecule has 2 atom stereocenters. The second kappa shape index (κ2) is 12.3. The first kappa shape index (κ1) is 26.1.